The summed E-state index contributed by atoms with van der Waals surface area (Å²) < 4.78 is 5.09. The Balaban J connectivity index is 2.78. The highest BCUT2D eigenvalue weighted by Gasteiger charge is 2.04. The maximum atomic E-state index is 11.2. The van der Waals surface area contributed by atoms with Crippen LogP contribution in [0.3, 0.4) is 0 Å². The molecular formula is C10H10N2O2S. The van der Waals surface area contributed by atoms with Gasteiger partial charge in [-0.3, -0.25) is 0 Å². The quantitative estimate of drug-likeness (QED) is 0.620. The summed E-state index contributed by atoms with van der Waals surface area (Å²) >= 11 is 1.45. The fourth-order valence-corrected chi connectivity index (χ4v) is 1.96. The second-order valence-electron chi connectivity index (χ2n) is 2.96. The molecule has 1 aromatic carbocycles. The number of fused-ring (bicyclic) bond motifs is 1. The van der Waals surface area contributed by atoms with E-state index in [1.165, 1.54) is 11.8 Å². The van der Waals surface area contributed by atoms with Crippen molar-refractivity contribution in [2.75, 3.05) is 13.4 Å². The Morgan fingerprint density at radius 2 is 2.27 bits per heavy atom. The number of nitrogens with zero attached hydrogens (tertiary/aromatic N) is 1. The van der Waals surface area contributed by atoms with Gasteiger partial charge in [0.2, 0.25) is 0 Å². The Morgan fingerprint density at radius 3 is 2.93 bits per heavy atom. The van der Waals surface area contributed by atoms with Gasteiger partial charge in [-0.1, -0.05) is 0 Å². The monoisotopic (exact) mass is 222 g/mol. The largest absolute Gasteiger partial charge is 0.497 e. The summed E-state index contributed by atoms with van der Waals surface area (Å²) in [5.74, 6) is 0.719. The summed E-state index contributed by atoms with van der Waals surface area (Å²) in [5.41, 5.74) is 0.416. The van der Waals surface area contributed by atoms with Crippen LogP contribution in [0, 0.1) is 0 Å². The number of hydrogen-bond acceptors (Lipinski definition) is 4. The van der Waals surface area contributed by atoms with Crippen molar-refractivity contribution in [3.8, 4) is 5.75 Å². The lowest BCUT2D eigenvalue weighted by Crippen LogP contribution is -2.10. The van der Waals surface area contributed by atoms with Crippen molar-refractivity contribution in [2.24, 2.45) is 0 Å². The van der Waals surface area contributed by atoms with Gasteiger partial charge in [0.15, 0.2) is 0 Å². The minimum Gasteiger partial charge on any atom is -0.497 e. The normalized spacial score (nSPS) is 10.5. The van der Waals surface area contributed by atoms with E-state index in [-0.39, 0.29) is 5.69 Å². The Bertz CT molecular complexity index is 551. The van der Waals surface area contributed by atoms with Crippen LogP contribution in [-0.4, -0.2) is 23.3 Å². The number of benzene rings is 1. The van der Waals surface area contributed by atoms with Crippen LogP contribution in [0.4, 0.5) is 0 Å². The van der Waals surface area contributed by atoms with Crippen LogP contribution in [0.1, 0.15) is 0 Å². The van der Waals surface area contributed by atoms with E-state index < -0.39 is 0 Å². The second-order valence-corrected chi connectivity index (χ2v) is 3.76. The molecule has 78 valence electrons. The fraction of sp³-hybridized carbons (Fsp3) is 0.200. The third-order valence-corrected chi connectivity index (χ3v) is 2.79. The number of nitrogens with one attached hydrogen (secondary N) is 1. The number of H-pyrrole nitrogens is 1. The molecule has 0 radical (unpaired) electrons. The zero-order valence-electron chi connectivity index (χ0n) is 8.40. The third-order valence-electron chi connectivity index (χ3n) is 2.10. The van der Waals surface area contributed by atoms with Crippen LogP contribution in [0.25, 0.3) is 10.9 Å². The summed E-state index contributed by atoms with van der Waals surface area (Å²) in [4.78, 5) is 17.8. The number of ether oxygens (including phenoxy) is 1. The maximum Gasteiger partial charge on any atom is 0.346 e. The molecule has 0 amide bonds. The number of hydrogen-bond donors (Lipinski definition) is 1. The van der Waals surface area contributed by atoms with Gasteiger partial charge < -0.3 is 9.72 Å². The molecule has 0 aliphatic heterocycles. The molecular weight excluding hydrogens is 212 g/mol. The number of aromatic nitrogens is 2. The zero-order chi connectivity index (χ0) is 10.8. The molecule has 2 aromatic rings. The van der Waals surface area contributed by atoms with Crippen molar-refractivity contribution in [3.05, 3.63) is 28.7 Å². The van der Waals surface area contributed by atoms with Gasteiger partial charge in [0, 0.05) is 11.5 Å². The first-order valence-electron chi connectivity index (χ1n) is 4.36. The van der Waals surface area contributed by atoms with Gasteiger partial charge >= 0.3 is 5.69 Å². The van der Waals surface area contributed by atoms with Crippen LogP contribution in [-0.2, 0) is 0 Å². The van der Waals surface area contributed by atoms with Gasteiger partial charge in [0.25, 0.3) is 0 Å². The average Bonchev–Trinajstić information content (AvgIpc) is 2.26. The van der Waals surface area contributed by atoms with Crippen molar-refractivity contribution in [1.29, 1.82) is 0 Å². The molecule has 0 saturated heterocycles. The lowest BCUT2D eigenvalue weighted by Gasteiger charge is -2.04. The molecule has 1 heterocycles. The molecule has 0 aliphatic carbocycles. The van der Waals surface area contributed by atoms with Crippen LogP contribution in [0.5, 0.6) is 5.75 Å². The minimum atomic E-state index is -0.333. The molecule has 0 aliphatic rings. The Morgan fingerprint density at radius 1 is 1.47 bits per heavy atom. The molecule has 0 atom stereocenters. The first-order chi connectivity index (χ1) is 7.24. The van der Waals surface area contributed by atoms with Crippen molar-refractivity contribution in [3.63, 3.8) is 0 Å². The standard InChI is InChI=1S/C10H10N2O2S/c1-14-6-3-4-7-8(5-6)11-10(13)12-9(7)15-2/h3-5H,1-2H3,(H,11,12,13). The van der Waals surface area contributed by atoms with Crippen molar-refractivity contribution < 1.29 is 4.74 Å². The summed E-state index contributed by atoms with van der Waals surface area (Å²) in [5, 5.41) is 1.67. The summed E-state index contributed by atoms with van der Waals surface area (Å²) in [6.07, 6.45) is 1.89. The average molecular weight is 222 g/mol. The predicted molar refractivity (Wildman–Crippen MR) is 60.7 cm³/mol. The van der Waals surface area contributed by atoms with E-state index in [2.05, 4.69) is 9.97 Å². The second kappa shape index (κ2) is 3.94. The number of aromatic amines is 1. The van der Waals surface area contributed by atoms with Crippen molar-refractivity contribution in [2.45, 2.75) is 5.03 Å². The number of rotatable bonds is 2. The fourth-order valence-electron chi connectivity index (χ4n) is 1.39. The number of thioether (sulfide) groups is 1. The van der Waals surface area contributed by atoms with E-state index >= 15 is 0 Å². The summed E-state index contributed by atoms with van der Waals surface area (Å²) in [6.45, 7) is 0. The molecule has 0 fully saturated rings. The summed E-state index contributed by atoms with van der Waals surface area (Å²) in [6, 6.07) is 5.53. The molecule has 0 unspecified atom stereocenters. The van der Waals surface area contributed by atoms with E-state index in [1.807, 2.05) is 18.4 Å². The van der Waals surface area contributed by atoms with E-state index in [1.54, 1.807) is 13.2 Å². The van der Waals surface area contributed by atoms with Crippen LogP contribution >= 0.6 is 11.8 Å². The smallest absolute Gasteiger partial charge is 0.346 e. The van der Waals surface area contributed by atoms with E-state index in [0.717, 1.165) is 21.7 Å². The first-order valence-corrected chi connectivity index (χ1v) is 5.59. The molecule has 2 rings (SSSR count). The van der Waals surface area contributed by atoms with Gasteiger partial charge in [-0.2, -0.15) is 4.98 Å². The van der Waals surface area contributed by atoms with Gasteiger partial charge in [0.1, 0.15) is 10.8 Å². The molecule has 0 spiro atoms. The Kier molecular flexibility index (Phi) is 2.64. The molecule has 1 aromatic heterocycles. The SMILES string of the molecule is COc1ccc2c(SC)nc(=O)[nH]c2c1. The van der Waals surface area contributed by atoms with Crippen LogP contribution in [0.15, 0.2) is 28.0 Å². The maximum absolute atomic E-state index is 11.2. The number of methoxy groups -OCH3 is 1. The molecule has 0 bridgehead atoms. The van der Waals surface area contributed by atoms with E-state index in [0.29, 0.717) is 0 Å². The highest BCUT2D eigenvalue weighted by Crippen LogP contribution is 2.24. The van der Waals surface area contributed by atoms with Gasteiger partial charge in [0.05, 0.1) is 12.6 Å². The van der Waals surface area contributed by atoms with Gasteiger partial charge in [-0.05, 0) is 18.4 Å². The van der Waals surface area contributed by atoms with Gasteiger partial charge in [-0.15, -0.1) is 11.8 Å². The highest BCUT2D eigenvalue weighted by molar-refractivity contribution is 7.98. The molecule has 0 saturated carbocycles. The van der Waals surface area contributed by atoms with E-state index in [4.69, 9.17) is 4.74 Å². The molecule has 5 heteroatoms. The van der Waals surface area contributed by atoms with Crippen molar-refractivity contribution in [1.82, 2.24) is 9.97 Å². The highest BCUT2D eigenvalue weighted by atomic mass is 32.2. The molecule has 1 N–H and O–H groups in total. The Hall–Kier alpha value is -1.49. The van der Waals surface area contributed by atoms with Crippen molar-refractivity contribution >= 4 is 22.7 Å². The molecule has 15 heavy (non-hydrogen) atoms. The van der Waals surface area contributed by atoms with Crippen LogP contribution < -0.4 is 10.4 Å². The predicted octanol–water partition coefficient (Wildman–Crippen LogP) is 1.65. The lowest BCUT2D eigenvalue weighted by molar-refractivity contribution is 0.415. The third kappa shape index (κ3) is 1.83. The topological polar surface area (TPSA) is 55.0 Å². The van der Waals surface area contributed by atoms with Crippen LogP contribution in [0.2, 0.25) is 0 Å². The Labute approximate surface area is 90.7 Å². The molecule has 4 nitrogen and oxygen atoms in total. The van der Waals surface area contributed by atoms with E-state index in [9.17, 15) is 4.79 Å². The zero-order valence-corrected chi connectivity index (χ0v) is 9.22. The lowest BCUT2D eigenvalue weighted by atomic mass is 10.2. The minimum absolute atomic E-state index is 0.333. The summed E-state index contributed by atoms with van der Waals surface area (Å²) in [7, 11) is 1.59. The first kappa shape index (κ1) is 10.0. The van der Waals surface area contributed by atoms with Gasteiger partial charge in [-0.25, -0.2) is 4.79 Å².